The van der Waals surface area contributed by atoms with Gasteiger partial charge in [-0.3, -0.25) is 9.78 Å². The monoisotopic (exact) mass is 244 g/mol. The Bertz CT molecular complexity index is 463. The van der Waals surface area contributed by atoms with E-state index in [1.54, 1.807) is 0 Å². The lowest BCUT2D eigenvalue weighted by Gasteiger charge is -2.34. The van der Waals surface area contributed by atoms with Crippen LogP contribution in [0.1, 0.15) is 43.4 Å². The zero-order chi connectivity index (χ0) is 12.6. The van der Waals surface area contributed by atoms with Gasteiger partial charge in [-0.15, -0.1) is 0 Å². The highest BCUT2D eigenvalue weighted by Gasteiger charge is 2.41. The first kappa shape index (κ1) is 11.8. The minimum Gasteiger partial charge on any atom is -0.316 e. The second-order valence-electron chi connectivity index (χ2n) is 5.84. The van der Waals surface area contributed by atoms with Crippen LogP contribution in [0.2, 0.25) is 0 Å². The van der Waals surface area contributed by atoms with Crippen molar-refractivity contribution in [2.75, 3.05) is 13.1 Å². The van der Waals surface area contributed by atoms with Gasteiger partial charge in [0, 0.05) is 18.2 Å². The van der Waals surface area contributed by atoms with Gasteiger partial charge in [0.05, 0.1) is 11.6 Å². The summed E-state index contributed by atoms with van der Waals surface area (Å²) in [5, 5.41) is 3.36. The molecular weight excluding hydrogens is 224 g/mol. The van der Waals surface area contributed by atoms with Gasteiger partial charge in [0.1, 0.15) is 5.78 Å². The summed E-state index contributed by atoms with van der Waals surface area (Å²) in [7, 11) is 0. The summed E-state index contributed by atoms with van der Waals surface area (Å²) in [6.45, 7) is 3.98. The summed E-state index contributed by atoms with van der Waals surface area (Å²) >= 11 is 0. The Kier molecular flexibility index (Phi) is 2.94. The number of fused-ring (bicyclic) bond motifs is 1. The molecule has 2 heterocycles. The summed E-state index contributed by atoms with van der Waals surface area (Å²) in [4.78, 5) is 17.3. The molecule has 0 bridgehead atoms. The first-order valence-electron chi connectivity index (χ1n) is 6.89. The third kappa shape index (κ3) is 1.87. The van der Waals surface area contributed by atoms with Gasteiger partial charge in [-0.1, -0.05) is 13.0 Å². The maximum atomic E-state index is 12.8. The Morgan fingerprint density at radius 1 is 1.56 bits per heavy atom. The number of aromatic nitrogens is 1. The number of pyridine rings is 1. The summed E-state index contributed by atoms with van der Waals surface area (Å²) in [6.07, 6.45) is 5.87. The molecule has 2 atom stereocenters. The fourth-order valence-electron chi connectivity index (χ4n) is 3.35. The summed E-state index contributed by atoms with van der Waals surface area (Å²) in [5.41, 5.74) is 2.11. The Labute approximate surface area is 108 Å². The molecule has 1 aliphatic heterocycles. The molecule has 3 heteroatoms. The van der Waals surface area contributed by atoms with Crippen molar-refractivity contribution in [1.82, 2.24) is 10.3 Å². The third-order valence-corrected chi connectivity index (χ3v) is 4.47. The van der Waals surface area contributed by atoms with Gasteiger partial charge in [-0.05, 0) is 43.9 Å². The summed E-state index contributed by atoms with van der Waals surface area (Å²) in [6, 6.07) is 4.08. The highest BCUT2D eigenvalue weighted by Crippen LogP contribution is 2.39. The number of piperidine rings is 1. The first-order valence-corrected chi connectivity index (χ1v) is 6.89. The number of carbonyl (C=O) groups is 1. The van der Waals surface area contributed by atoms with Crippen molar-refractivity contribution in [1.29, 1.82) is 0 Å². The normalized spacial score (nSPS) is 31.1. The predicted molar refractivity (Wildman–Crippen MR) is 70.5 cm³/mol. The van der Waals surface area contributed by atoms with E-state index in [-0.39, 0.29) is 11.3 Å². The molecular formula is C15H20N2O. The highest BCUT2D eigenvalue weighted by molar-refractivity contribution is 5.91. The second-order valence-corrected chi connectivity index (χ2v) is 5.84. The molecule has 0 amide bonds. The molecule has 0 saturated carbocycles. The van der Waals surface area contributed by atoms with Crippen molar-refractivity contribution >= 4 is 5.78 Å². The van der Waals surface area contributed by atoms with E-state index in [9.17, 15) is 4.79 Å². The molecule has 1 saturated heterocycles. The molecule has 0 spiro atoms. The van der Waals surface area contributed by atoms with Crippen molar-refractivity contribution in [3.63, 3.8) is 0 Å². The molecule has 0 aromatic carbocycles. The lowest BCUT2D eigenvalue weighted by Crippen LogP contribution is -2.45. The molecule has 1 aliphatic carbocycles. The molecule has 0 radical (unpaired) electrons. The van der Waals surface area contributed by atoms with Gasteiger partial charge >= 0.3 is 0 Å². The average Bonchev–Trinajstić information content (AvgIpc) is 2.82. The van der Waals surface area contributed by atoms with Crippen LogP contribution in [0, 0.1) is 5.41 Å². The number of hydrogen-bond acceptors (Lipinski definition) is 3. The van der Waals surface area contributed by atoms with Gasteiger partial charge in [-0.25, -0.2) is 0 Å². The van der Waals surface area contributed by atoms with Crippen molar-refractivity contribution in [3.8, 4) is 0 Å². The molecule has 3 nitrogen and oxygen atoms in total. The van der Waals surface area contributed by atoms with Crippen LogP contribution in [0.4, 0.5) is 0 Å². The summed E-state index contributed by atoms with van der Waals surface area (Å²) < 4.78 is 0. The van der Waals surface area contributed by atoms with Gasteiger partial charge in [0.2, 0.25) is 0 Å². The van der Waals surface area contributed by atoms with Crippen molar-refractivity contribution in [2.45, 2.75) is 38.5 Å². The SMILES string of the molecule is CC1(C(=O)C2CCc3cccnc32)CCCNC1. The van der Waals surface area contributed by atoms with Crippen LogP contribution < -0.4 is 5.32 Å². The lowest BCUT2D eigenvalue weighted by molar-refractivity contribution is -0.130. The van der Waals surface area contributed by atoms with E-state index in [1.807, 2.05) is 12.3 Å². The molecule has 1 N–H and O–H groups in total. The zero-order valence-electron chi connectivity index (χ0n) is 10.9. The smallest absolute Gasteiger partial charge is 0.149 e. The van der Waals surface area contributed by atoms with E-state index in [1.165, 1.54) is 5.56 Å². The minimum absolute atomic E-state index is 0.0334. The van der Waals surface area contributed by atoms with E-state index in [2.05, 4.69) is 23.3 Å². The molecule has 1 aromatic heterocycles. The molecule has 2 aliphatic rings. The molecule has 18 heavy (non-hydrogen) atoms. The average molecular weight is 244 g/mol. The number of ketones is 1. The Morgan fingerprint density at radius 2 is 2.44 bits per heavy atom. The van der Waals surface area contributed by atoms with E-state index < -0.39 is 0 Å². The fraction of sp³-hybridized carbons (Fsp3) is 0.600. The fourth-order valence-corrected chi connectivity index (χ4v) is 3.35. The van der Waals surface area contributed by atoms with Crippen molar-refractivity contribution < 1.29 is 4.79 Å². The van der Waals surface area contributed by atoms with Gasteiger partial charge < -0.3 is 5.32 Å². The molecule has 1 fully saturated rings. The van der Waals surface area contributed by atoms with Gasteiger partial charge in [0.15, 0.2) is 0 Å². The minimum atomic E-state index is -0.192. The molecule has 2 unspecified atom stereocenters. The van der Waals surface area contributed by atoms with Crippen molar-refractivity contribution in [2.24, 2.45) is 5.41 Å². The van der Waals surface area contributed by atoms with Gasteiger partial charge in [0.25, 0.3) is 0 Å². The molecule has 96 valence electrons. The van der Waals surface area contributed by atoms with Gasteiger partial charge in [-0.2, -0.15) is 0 Å². The number of Topliss-reactive ketones (excluding diaryl/α,β-unsaturated/α-hetero) is 1. The van der Waals surface area contributed by atoms with Crippen LogP contribution in [0.15, 0.2) is 18.3 Å². The molecule has 3 rings (SSSR count). The maximum Gasteiger partial charge on any atom is 0.149 e. The number of hydrogen-bond donors (Lipinski definition) is 1. The topological polar surface area (TPSA) is 42.0 Å². The summed E-state index contributed by atoms with van der Waals surface area (Å²) in [5.74, 6) is 0.429. The Morgan fingerprint density at radius 3 is 3.22 bits per heavy atom. The largest absolute Gasteiger partial charge is 0.316 e. The standard InChI is InChI=1S/C15H20N2O/c1-15(7-3-8-16-10-15)14(18)12-6-5-11-4-2-9-17-13(11)12/h2,4,9,12,16H,3,5-8,10H2,1H3. The molecule has 1 aromatic rings. The first-order chi connectivity index (χ1) is 8.71. The number of rotatable bonds is 2. The zero-order valence-corrected chi connectivity index (χ0v) is 10.9. The maximum absolute atomic E-state index is 12.8. The van der Waals surface area contributed by atoms with Crippen LogP contribution in [0.25, 0.3) is 0 Å². The van der Waals surface area contributed by atoms with E-state index >= 15 is 0 Å². The highest BCUT2D eigenvalue weighted by atomic mass is 16.1. The Balaban J connectivity index is 1.86. The predicted octanol–water partition coefficient (Wildman–Crippen LogP) is 2.07. The Hall–Kier alpha value is -1.22. The number of nitrogens with one attached hydrogen (secondary N) is 1. The van der Waals surface area contributed by atoms with E-state index in [0.717, 1.165) is 44.5 Å². The van der Waals surface area contributed by atoms with E-state index in [4.69, 9.17) is 0 Å². The van der Waals surface area contributed by atoms with Crippen LogP contribution in [0.3, 0.4) is 0 Å². The third-order valence-electron chi connectivity index (χ3n) is 4.47. The number of carbonyl (C=O) groups excluding carboxylic acids is 1. The second kappa shape index (κ2) is 4.47. The lowest BCUT2D eigenvalue weighted by atomic mass is 9.74. The van der Waals surface area contributed by atoms with Crippen LogP contribution in [-0.4, -0.2) is 23.9 Å². The number of nitrogens with zero attached hydrogens (tertiary/aromatic N) is 1. The van der Waals surface area contributed by atoms with Crippen molar-refractivity contribution in [3.05, 3.63) is 29.6 Å². The van der Waals surface area contributed by atoms with E-state index in [0.29, 0.717) is 5.78 Å². The van der Waals surface area contributed by atoms with Crippen LogP contribution in [0.5, 0.6) is 0 Å². The number of aryl methyl sites for hydroxylation is 1. The van der Waals surface area contributed by atoms with Crippen LogP contribution >= 0.6 is 0 Å². The quantitative estimate of drug-likeness (QED) is 0.866. The van der Waals surface area contributed by atoms with Crippen LogP contribution in [-0.2, 0) is 11.2 Å².